The number of carbonyl (C=O) groups excluding carboxylic acids is 1. The Morgan fingerprint density at radius 1 is 0.964 bits per heavy atom. The predicted octanol–water partition coefficient (Wildman–Crippen LogP) is 3.22. The second-order valence-electron chi connectivity index (χ2n) is 11.2. The van der Waals surface area contributed by atoms with Gasteiger partial charge in [-0.15, -0.1) is 0 Å². The summed E-state index contributed by atoms with van der Waals surface area (Å²) < 4.78 is 18.8. The van der Waals surface area contributed by atoms with Gasteiger partial charge in [0.2, 0.25) is 0 Å². The van der Waals surface area contributed by atoms with Crippen molar-refractivity contribution in [1.82, 2.24) is 0 Å². The van der Waals surface area contributed by atoms with Crippen LogP contribution in [0.3, 0.4) is 0 Å². The Balaban J connectivity index is 1.37. The van der Waals surface area contributed by atoms with E-state index in [0.717, 1.165) is 44.9 Å². The van der Waals surface area contributed by atoms with Crippen molar-refractivity contribution in [2.24, 2.45) is 28.6 Å². The summed E-state index contributed by atoms with van der Waals surface area (Å²) in [4.78, 5) is 12.4. The van der Waals surface area contributed by atoms with E-state index in [-0.39, 0.29) is 22.2 Å². The highest BCUT2D eigenvalue weighted by Crippen LogP contribution is 2.75. The molecule has 1 N–H and O–H groups in total. The largest absolute Gasteiger partial charge is 0.382 e. The number of ether oxygens (including phenoxy) is 3. The van der Waals surface area contributed by atoms with Crippen molar-refractivity contribution in [2.45, 2.75) is 95.2 Å². The Morgan fingerprint density at radius 2 is 1.64 bits per heavy atom. The maximum atomic E-state index is 12.4. The monoisotopic (exact) mass is 390 g/mol. The van der Waals surface area contributed by atoms with Crippen LogP contribution in [0.1, 0.15) is 72.1 Å². The Bertz CT molecular complexity index is 731. The number of carbonyl (C=O) groups is 1. The number of ketones is 1. The molecule has 0 bridgehead atoms. The zero-order chi connectivity index (χ0) is 19.6. The fraction of sp³-hybridized carbons (Fsp3) is 0.957. The van der Waals surface area contributed by atoms with Crippen LogP contribution >= 0.6 is 0 Å². The van der Waals surface area contributed by atoms with Gasteiger partial charge in [0.25, 0.3) is 0 Å². The molecule has 0 amide bonds. The normalized spacial score (nSPS) is 58.6. The van der Waals surface area contributed by atoms with Crippen molar-refractivity contribution < 1.29 is 24.1 Å². The first-order valence-corrected chi connectivity index (χ1v) is 11.4. The quantitative estimate of drug-likeness (QED) is 0.696. The summed E-state index contributed by atoms with van der Waals surface area (Å²) >= 11 is 0. The zero-order valence-corrected chi connectivity index (χ0v) is 17.5. The molecule has 6 rings (SSSR count). The predicted molar refractivity (Wildman–Crippen MR) is 101 cm³/mol. The minimum absolute atomic E-state index is 0.0119. The van der Waals surface area contributed by atoms with E-state index in [1.54, 1.807) is 6.92 Å². The highest BCUT2D eigenvalue weighted by atomic mass is 16.7. The van der Waals surface area contributed by atoms with Crippen LogP contribution in [0, 0.1) is 28.6 Å². The molecule has 6 fully saturated rings. The van der Waals surface area contributed by atoms with Crippen molar-refractivity contribution in [2.75, 3.05) is 13.2 Å². The van der Waals surface area contributed by atoms with Gasteiger partial charge in [0, 0.05) is 23.7 Å². The fourth-order valence-corrected chi connectivity index (χ4v) is 9.08. The average molecular weight is 391 g/mol. The van der Waals surface area contributed by atoms with Gasteiger partial charge in [0.05, 0.1) is 19.3 Å². The summed E-state index contributed by atoms with van der Waals surface area (Å²) in [6, 6.07) is 0. The number of hydrogen-bond donors (Lipinski definition) is 1. The summed E-state index contributed by atoms with van der Waals surface area (Å²) in [5.74, 6) is 1.04. The number of hydrogen-bond acceptors (Lipinski definition) is 5. The molecule has 0 radical (unpaired) electrons. The van der Waals surface area contributed by atoms with E-state index < -0.39 is 11.4 Å². The summed E-state index contributed by atoms with van der Waals surface area (Å²) in [5.41, 5.74) is -1.37. The highest BCUT2D eigenvalue weighted by molar-refractivity contribution is 5.86. The first kappa shape index (κ1) is 18.3. The molecule has 28 heavy (non-hydrogen) atoms. The van der Waals surface area contributed by atoms with Crippen molar-refractivity contribution >= 4 is 5.78 Å². The minimum atomic E-state index is -1.14. The molecule has 6 aliphatic rings. The van der Waals surface area contributed by atoms with Crippen LogP contribution in [0.25, 0.3) is 0 Å². The molecule has 0 aromatic heterocycles. The SMILES string of the molecule is CC(=O)[C@@]1(O)CC[C@@H]2[C@H]3C[C@@H]4O[C@@]45CCC4(C[C@]5(C)[C@H]3CC[C@@]21C)OCCO4. The van der Waals surface area contributed by atoms with Gasteiger partial charge < -0.3 is 19.3 Å². The second kappa shape index (κ2) is 5.22. The lowest BCUT2D eigenvalue weighted by molar-refractivity contribution is -0.237. The molecule has 2 heterocycles. The van der Waals surface area contributed by atoms with Crippen LogP contribution in [0.15, 0.2) is 0 Å². The van der Waals surface area contributed by atoms with Crippen LogP contribution in [-0.4, -0.2) is 47.2 Å². The van der Waals surface area contributed by atoms with E-state index in [2.05, 4.69) is 13.8 Å². The zero-order valence-electron chi connectivity index (χ0n) is 17.5. The summed E-state index contributed by atoms with van der Waals surface area (Å²) in [5, 5.41) is 11.3. The topological polar surface area (TPSA) is 68.3 Å². The lowest BCUT2D eigenvalue weighted by atomic mass is 9.43. The van der Waals surface area contributed by atoms with E-state index in [0.29, 0.717) is 43.5 Å². The molecule has 2 saturated heterocycles. The molecule has 5 heteroatoms. The van der Waals surface area contributed by atoms with Crippen molar-refractivity contribution in [3.05, 3.63) is 0 Å². The van der Waals surface area contributed by atoms with E-state index in [1.807, 2.05) is 0 Å². The maximum absolute atomic E-state index is 12.4. The molecule has 0 aromatic carbocycles. The minimum Gasteiger partial charge on any atom is -0.382 e. The fourth-order valence-electron chi connectivity index (χ4n) is 9.08. The van der Waals surface area contributed by atoms with Crippen molar-refractivity contribution in [3.8, 4) is 0 Å². The molecule has 5 nitrogen and oxygen atoms in total. The lowest BCUT2D eigenvalue weighted by Crippen LogP contribution is -2.63. The van der Waals surface area contributed by atoms with E-state index in [9.17, 15) is 9.90 Å². The third kappa shape index (κ3) is 1.87. The van der Waals surface area contributed by atoms with Crippen LogP contribution in [0.4, 0.5) is 0 Å². The molecule has 4 aliphatic carbocycles. The molecule has 8 atom stereocenters. The summed E-state index contributed by atoms with van der Waals surface area (Å²) in [7, 11) is 0. The third-order valence-corrected chi connectivity index (χ3v) is 10.6. The first-order valence-electron chi connectivity index (χ1n) is 11.4. The maximum Gasteiger partial charge on any atom is 0.169 e. The number of epoxide rings is 1. The van der Waals surface area contributed by atoms with E-state index >= 15 is 0 Å². The van der Waals surface area contributed by atoms with E-state index in [4.69, 9.17) is 14.2 Å². The molecule has 2 spiro atoms. The Labute approximate surface area is 167 Å². The van der Waals surface area contributed by atoms with E-state index in [1.165, 1.54) is 0 Å². The molecule has 156 valence electrons. The van der Waals surface area contributed by atoms with Gasteiger partial charge in [-0.25, -0.2) is 0 Å². The molecular formula is C23H34O5. The molecule has 2 aliphatic heterocycles. The van der Waals surface area contributed by atoms with Crippen LogP contribution in [-0.2, 0) is 19.0 Å². The first-order chi connectivity index (χ1) is 13.2. The van der Waals surface area contributed by atoms with Crippen molar-refractivity contribution in [1.29, 1.82) is 0 Å². The molecule has 0 aromatic rings. The molecular weight excluding hydrogens is 356 g/mol. The summed E-state index contributed by atoms with van der Waals surface area (Å²) in [6.07, 6.45) is 7.93. The highest BCUT2D eigenvalue weighted by Gasteiger charge is 2.78. The van der Waals surface area contributed by atoms with Gasteiger partial charge >= 0.3 is 0 Å². The number of rotatable bonds is 1. The van der Waals surface area contributed by atoms with Crippen LogP contribution in [0.2, 0.25) is 0 Å². The number of aliphatic hydroxyl groups is 1. The Kier molecular flexibility index (Phi) is 3.41. The molecule has 0 unspecified atom stereocenters. The average Bonchev–Trinajstić information content (AvgIpc) is 3.05. The Hall–Kier alpha value is -0.490. The van der Waals surface area contributed by atoms with Gasteiger partial charge in [-0.1, -0.05) is 13.8 Å². The van der Waals surface area contributed by atoms with Gasteiger partial charge in [0.1, 0.15) is 11.2 Å². The van der Waals surface area contributed by atoms with Crippen LogP contribution in [0.5, 0.6) is 0 Å². The Morgan fingerprint density at radius 3 is 2.36 bits per heavy atom. The standard InChI is InChI=1S/C23H34O5/c1-14(24)22(25)7-5-16-15-12-18-23(28-18)9-8-21(26-10-11-27-21)13-20(23,3)17(15)4-6-19(16,22)2/h15-18,25H,4-13H2,1-3H3/t15-,16-,17+,18+,19+,20-,22+,23+/m1/s1. The third-order valence-electron chi connectivity index (χ3n) is 10.6. The number of Topliss-reactive ketones (excluding diaryl/α,β-unsaturated/α-hetero) is 1. The number of fused-ring (bicyclic) bond motifs is 4. The van der Waals surface area contributed by atoms with Gasteiger partial charge in [-0.2, -0.15) is 0 Å². The van der Waals surface area contributed by atoms with Gasteiger partial charge in [-0.3, -0.25) is 4.79 Å². The van der Waals surface area contributed by atoms with Gasteiger partial charge in [-0.05, 0) is 63.2 Å². The smallest absolute Gasteiger partial charge is 0.169 e. The molecule has 4 saturated carbocycles. The van der Waals surface area contributed by atoms with Gasteiger partial charge in [0.15, 0.2) is 11.6 Å². The van der Waals surface area contributed by atoms with Crippen LogP contribution < -0.4 is 0 Å². The summed E-state index contributed by atoms with van der Waals surface area (Å²) in [6.45, 7) is 7.61. The van der Waals surface area contributed by atoms with Crippen molar-refractivity contribution in [3.63, 3.8) is 0 Å². The second-order valence-corrected chi connectivity index (χ2v) is 11.2. The lowest BCUT2D eigenvalue weighted by Gasteiger charge is -2.61.